The van der Waals surface area contributed by atoms with E-state index in [0.717, 1.165) is 16.8 Å². The zero-order chi connectivity index (χ0) is 14.5. The van der Waals surface area contributed by atoms with Gasteiger partial charge in [0.05, 0.1) is 0 Å². The normalized spacial score (nSPS) is 10.3. The molecule has 3 nitrogen and oxygen atoms in total. The molecule has 0 aromatic heterocycles. The van der Waals surface area contributed by atoms with Crippen LogP contribution in [0.1, 0.15) is 28.4 Å². The third-order valence-corrected chi connectivity index (χ3v) is 3.31. The standard InChI is InChI=1S/C17H20N2O/c1-3-19(16-6-4-5-13(2)11-16)17(20)15-9-7-14(12-18)8-10-15/h4-11H,3,12,18H2,1-2H3. The summed E-state index contributed by atoms with van der Waals surface area (Å²) < 4.78 is 0. The van der Waals surface area contributed by atoms with E-state index >= 15 is 0 Å². The molecule has 3 heteroatoms. The number of hydrogen-bond acceptors (Lipinski definition) is 2. The first kappa shape index (κ1) is 14.3. The summed E-state index contributed by atoms with van der Waals surface area (Å²) >= 11 is 0. The fourth-order valence-electron chi connectivity index (χ4n) is 2.18. The molecule has 2 aromatic carbocycles. The summed E-state index contributed by atoms with van der Waals surface area (Å²) in [5.41, 5.74) is 9.36. The predicted molar refractivity (Wildman–Crippen MR) is 82.9 cm³/mol. The van der Waals surface area contributed by atoms with Crippen LogP contribution in [0.25, 0.3) is 0 Å². The van der Waals surface area contributed by atoms with Gasteiger partial charge in [-0.05, 0) is 49.2 Å². The van der Waals surface area contributed by atoms with Crippen LogP contribution in [0.3, 0.4) is 0 Å². The highest BCUT2D eigenvalue weighted by molar-refractivity contribution is 6.06. The number of nitrogens with zero attached hydrogens (tertiary/aromatic N) is 1. The molecule has 1 amide bonds. The van der Waals surface area contributed by atoms with Crippen LogP contribution in [0.5, 0.6) is 0 Å². The van der Waals surface area contributed by atoms with Crippen molar-refractivity contribution in [3.63, 3.8) is 0 Å². The number of nitrogens with two attached hydrogens (primary N) is 1. The van der Waals surface area contributed by atoms with Crippen LogP contribution in [0.15, 0.2) is 48.5 Å². The number of hydrogen-bond donors (Lipinski definition) is 1. The SMILES string of the molecule is CCN(C(=O)c1ccc(CN)cc1)c1cccc(C)c1. The lowest BCUT2D eigenvalue weighted by molar-refractivity contribution is 0.0988. The monoisotopic (exact) mass is 268 g/mol. The molecule has 0 aliphatic heterocycles. The summed E-state index contributed by atoms with van der Waals surface area (Å²) in [5.74, 6) is 0.0154. The Bertz CT molecular complexity index is 590. The van der Waals surface area contributed by atoms with Crippen molar-refractivity contribution in [3.05, 3.63) is 65.2 Å². The van der Waals surface area contributed by atoms with Crippen molar-refractivity contribution in [1.29, 1.82) is 0 Å². The maximum absolute atomic E-state index is 12.6. The minimum atomic E-state index is 0.0154. The lowest BCUT2D eigenvalue weighted by Gasteiger charge is -2.21. The molecule has 0 saturated carbocycles. The Hall–Kier alpha value is -2.13. The second-order valence-electron chi connectivity index (χ2n) is 4.79. The Morgan fingerprint density at radius 2 is 1.85 bits per heavy atom. The number of aryl methyl sites for hydroxylation is 1. The summed E-state index contributed by atoms with van der Waals surface area (Å²) in [6.07, 6.45) is 0. The third kappa shape index (κ3) is 3.06. The Kier molecular flexibility index (Phi) is 4.53. The number of anilines is 1. The Balaban J connectivity index is 2.28. The van der Waals surface area contributed by atoms with Crippen LogP contribution >= 0.6 is 0 Å². The van der Waals surface area contributed by atoms with Crippen molar-refractivity contribution in [2.24, 2.45) is 5.73 Å². The van der Waals surface area contributed by atoms with E-state index in [1.165, 1.54) is 0 Å². The van der Waals surface area contributed by atoms with Gasteiger partial charge >= 0.3 is 0 Å². The van der Waals surface area contributed by atoms with Gasteiger partial charge < -0.3 is 10.6 Å². The van der Waals surface area contributed by atoms with E-state index < -0.39 is 0 Å². The Labute approximate surface area is 120 Å². The molecule has 0 bridgehead atoms. The van der Waals surface area contributed by atoms with Gasteiger partial charge in [-0.1, -0.05) is 24.3 Å². The number of carbonyl (C=O) groups excluding carboxylic acids is 1. The van der Waals surface area contributed by atoms with Gasteiger partial charge in [0.1, 0.15) is 0 Å². The fraction of sp³-hybridized carbons (Fsp3) is 0.235. The van der Waals surface area contributed by atoms with Crippen molar-refractivity contribution in [3.8, 4) is 0 Å². The zero-order valence-electron chi connectivity index (χ0n) is 12.0. The molecule has 0 radical (unpaired) electrons. The van der Waals surface area contributed by atoms with Gasteiger partial charge in [-0.2, -0.15) is 0 Å². The van der Waals surface area contributed by atoms with Crippen molar-refractivity contribution >= 4 is 11.6 Å². The van der Waals surface area contributed by atoms with E-state index in [-0.39, 0.29) is 5.91 Å². The van der Waals surface area contributed by atoms with E-state index in [4.69, 9.17) is 5.73 Å². The Morgan fingerprint density at radius 3 is 2.40 bits per heavy atom. The van der Waals surface area contributed by atoms with Gasteiger partial charge in [-0.15, -0.1) is 0 Å². The van der Waals surface area contributed by atoms with Crippen LogP contribution in [-0.4, -0.2) is 12.5 Å². The van der Waals surface area contributed by atoms with Crippen molar-refractivity contribution in [1.82, 2.24) is 0 Å². The molecule has 20 heavy (non-hydrogen) atoms. The maximum Gasteiger partial charge on any atom is 0.258 e. The van der Waals surface area contributed by atoms with Crippen LogP contribution in [0.2, 0.25) is 0 Å². The van der Waals surface area contributed by atoms with E-state index in [9.17, 15) is 4.79 Å². The van der Waals surface area contributed by atoms with E-state index in [1.807, 2.05) is 62.4 Å². The first-order valence-electron chi connectivity index (χ1n) is 6.83. The van der Waals surface area contributed by atoms with Crippen molar-refractivity contribution in [2.75, 3.05) is 11.4 Å². The van der Waals surface area contributed by atoms with Crippen molar-refractivity contribution in [2.45, 2.75) is 20.4 Å². The highest BCUT2D eigenvalue weighted by atomic mass is 16.2. The highest BCUT2D eigenvalue weighted by Crippen LogP contribution is 2.18. The second kappa shape index (κ2) is 6.35. The number of rotatable bonds is 4. The Morgan fingerprint density at radius 1 is 1.15 bits per heavy atom. The molecule has 0 aliphatic rings. The lowest BCUT2D eigenvalue weighted by atomic mass is 10.1. The van der Waals surface area contributed by atoms with E-state index in [1.54, 1.807) is 4.90 Å². The minimum Gasteiger partial charge on any atom is -0.326 e. The van der Waals surface area contributed by atoms with Crippen molar-refractivity contribution < 1.29 is 4.79 Å². The third-order valence-electron chi connectivity index (χ3n) is 3.31. The fourth-order valence-corrected chi connectivity index (χ4v) is 2.18. The molecule has 2 aromatic rings. The number of benzene rings is 2. The molecule has 2 N–H and O–H groups in total. The molecular formula is C17H20N2O. The quantitative estimate of drug-likeness (QED) is 0.926. The first-order valence-corrected chi connectivity index (χ1v) is 6.83. The van der Waals surface area contributed by atoms with E-state index in [2.05, 4.69) is 0 Å². The number of carbonyl (C=O) groups is 1. The van der Waals surface area contributed by atoms with Gasteiger partial charge in [0, 0.05) is 24.3 Å². The van der Waals surface area contributed by atoms with Gasteiger partial charge in [-0.3, -0.25) is 4.79 Å². The number of amides is 1. The van der Waals surface area contributed by atoms with Crippen LogP contribution < -0.4 is 10.6 Å². The minimum absolute atomic E-state index is 0.0154. The lowest BCUT2D eigenvalue weighted by Crippen LogP contribution is -2.30. The van der Waals surface area contributed by atoms with Crippen LogP contribution in [0, 0.1) is 6.92 Å². The summed E-state index contributed by atoms with van der Waals surface area (Å²) in [7, 11) is 0. The van der Waals surface area contributed by atoms with E-state index in [0.29, 0.717) is 18.7 Å². The van der Waals surface area contributed by atoms with Crippen LogP contribution in [0.4, 0.5) is 5.69 Å². The van der Waals surface area contributed by atoms with Gasteiger partial charge in [-0.25, -0.2) is 0 Å². The largest absolute Gasteiger partial charge is 0.326 e. The molecular weight excluding hydrogens is 248 g/mol. The summed E-state index contributed by atoms with van der Waals surface area (Å²) in [5, 5.41) is 0. The van der Waals surface area contributed by atoms with Crippen LogP contribution in [-0.2, 0) is 6.54 Å². The second-order valence-corrected chi connectivity index (χ2v) is 4.79. The molecule has 0 unspecified atom stereocenters. The molecule has 0 fully saturated rings. The summed E-state index contributed by atoms with van der Waals surface area (Å²) in [4.78, 5) is 14.4. The molecule has 0 aliphatic carbocycles. The molecule has 104 valence electrons. The highest BCUT2D eigenvalue weighted by Gasteiger charge is 2.15. The topological polar surface area (TPSA) is 46.3 Å². The van der Waals surface area contributed by atoms with Gasteiger partial charge in [0.15, 0.2) is 0 Å². The average Bonchev–Trinajstić information content (AvgIpc) is 2.48. The van der Waals surface area contributed by atoms with Gasteiger partial charge in [0.2, 0.25) is 0 Å². The molecule has 0 heterocycles. The first-order chi connectivity index (χ1) is 9.65. The smallest absolute Gasteiger partial charge is 0.258 e. The van der Waals surface area contributed by atoms with Gasteiger partial charge in [0.25, 0.3) is 5.91 Å². The predicted octanol–water partition coefficient (Wildman–Crippen LogP) is 3.12. The summed E-state index contributed by atoms with van der Waals surface area (Å²) in [6.45, 7) is 5.14. The maximum atomic E-state index is 12.6. The molecule has 0 atom stereocenters. The average molecular weight is 268 g/mol. The molecule has 0 saturated heterocycles. The summed E-state index contributed by atoms with van der Waals surface area (Å²) in [6, 6.07) is 15.5. The molecule has 2 rings (SSSR count). The molecule has 0 spiro atoms. The zero-order valence-corrected chi connectivity index (χ0v) is 12.0.